The average Bonchev–Trinajstić information content (AvgIpc) is 3.08. The highest BCUT2D eigenvalue weighted by atomic mass is 32.2. The van der Waals surface area contributed by atoms with Crippen molar-refractivity contribution in [3.8, 4) is 0 Å². The third-order valence-corrected chi connectivity index (χ3v) is 4.96. The van der Waals surface area contributed by atoms with Gasteiger partial charge in [-0.25, -0.2) is 8.42 Å². The summed E-state index contributed by atoms with van der Waals surface area (Å²) in [5.74, 6) is 0. The summed E-state index contributed by atoms with van der Waals surface area (Å²) in [5.41, 5.74) is 4.37. The van der Waals surface area contributed by atoms with E-state index in [2.05, 4.69) is 0 Å². The van der Waals surface area contributed by atoms with Crippen molar-refractivity contribution < 1.29 is 21.6 Å². The molecule has 0 aromatic heterocycles. The molecule has 1 aromatic rings. The van der Waals surface area contributed by atoms with Gasteiger partial charge in [-0.2, -0.15) is 17.9 Å². The van der Waals surface area contributed by atoms with Gasteiger partial charge in [-0.05, 0) is 37.0 Å². The number of nitrogens with two attached hydrogens (primary N) is 1. The van der Waals surface area contributed by atoms with E-state index in [0.29, 0.717) is 6.42 Å². The Bertz CT molecular complexity index is 622. The fourth-order valence-corrected chi connectivity index (χ4v) is 3.43. The molecule has 0 atom stereocenters. The summed E-state index contributed by atoms with van der Waals surface area (Å²) in [6.07, 6.45) is -4.45. The normalized spacial score (nSPS) is 18.0. The molecule has 0 amide bonds. The summed E-state index contributed by atoms with van der Waals surface area (Å²) < 4.78 is 64.2. The number of nitrogen functional groups attached to an aromatic ring is 1. The predicted octanol–water partition coefficient (Wildman–Crippen LogP) is 2.20. The van der Waals surface area contributed by atoms with Crippen molar-refractivity contribution in [1.29, 1.82) is 0 Å². The number of aryl methyl sites for hydroxylation is 1. The van der Waals surface area contributed by atoms with Gasteiger partial charge in [-0.15, -0.1) is 0 Å². The van der Waals surface area contributed by atoms with Gasteiger partial charge in [0.1, 0.15) is 5.54 Å². The molecule has 1 aromatic carbocycles. The van der Waals surface area contributed by atoms with E-state index in [1.807, 2.05) is 6.92 Å². The van der Waals surface area contributed by atoms with Gasteiger partial charge in [0.05, 0.1) is 4.90 Å². The molecule has 20 heavy (non-hydrogen) atoms. The first-order chi connectivity index (χ1) is 9.11. The number of sulfonamides is 1. The molecule has 8 heteroatoms. The largest absolute Gasteiger partial charge is 0.407 e. The van der Waals surface area contributed by atoms with Crippen molar-refractivity contribution >= 4 is 15.7 Å². The minimum Gasteiger partial charge on any atom is -0.398 e. The van der Waals surface area contributed by atoms with Gasteiger partial charge in [0.15, 0.2) is 0 Å². The van der Waals surface area contributed by atoms with Crippen LogP contribution in [0.25, 0.3) is 0 Å². The summed E-state index contributed by atoms with van der Waals surface area (Å²) in [6, 6.07) is 3.97. The number of anilines is 1. The minimum absolute atomic E-state index is 0.238. The highest BCUT2D eigenvalue weighted by Gasteiger charge is 2.65. The molecule has 0 radical (unpaired) electrons. The van der Waals surface area contributed by atoms with Crippen LogP contribution in [-0.2, 0) is 16.4 Å². The molecule has 1 fully saturated rings. The van der Waals surface area contributed by atoms with Crippen LogP contribution in [0.15, 0.2) is 23.1 Å². The molecule has 1 aliphatic carbocycles. The first-order valence-corrected chi connectivity index (χ1v) is 7.59. The molecule has 3 N–H and O–H groups in total. The molecular formula is C12H15F3N2O2S. The maximum absolute atomic E-state index is 12.8. The molecule has 0 spiro atoms. The van der Waals surface area contributed by atoms with Crippen LogP contribution < -0.4 is 10.5 Å². The summed E-state index contributed by atoms with van der Waals surface area (Å²) in [6.45, 7) is 1.85. The monoisotopic (exact) mass is 308 g/mol. The molecule has 112 valence electrons. The summed E-state index contributed by atoms with van der Waals surface area (Å²) >= 11 is 0. The molecule has 4 nitrogen and oxygen atoms in total. The van der Waals surface area contributed by atoms with E-state index in [0.717, 1.165) is 5.56 Å². The quantitative estimate of drug-likeness (QED) is 0.838. The van der Waals surface area contributed by atoms with E-state index >= 15 is 0 Å². The fourth-order valence-electron chi connectivity index (χ4n) is 1.95. The van der Waals surface area contributed by atoms with Crippen LogP contribution in [0.5, 0.6) is 0 Å². The number of rotatable bonds is 4. The number of benzene rings is 1. The van der Waals surface area contributed by atoms with Gasteiger partial charge in [0.25, 0.3) is 0 Å². The summed E-state index contributed by atoms with van der Waals surface area (Å²) in [7, 11) is -4.24. The molecule has 0 bridgehead atoms. The van der Waals surface area contributed by atoms with Crippen molar-refractivity contribution in [2.75, 3.05) is 5.73 Å². The second-order valence-corrected chi connectivity index (χ2v) is 6.58. The lowest BCUT2D eigenvalue weighted by Gasteiger charge is -2.20. The van der Waals surface area contributed by atoms with Gasteiger partial charge in [-0.3, -0.25) is 0 Å². The Kier molecular flexibility index (Phi) is 3.50. The van der Waals surface area contributed by atoms with Crippen LogP contribution in [0.1, 0.15) is 25.3 Å². The van der Waals surface area contributed by atoms with Gasteiger partial charge in [0.2, 0.25) is 10.0 Å². The van der Waals surface area contributed by atoms with Crippen molar-refractivity contribution in [3.05, 3.63) is 23.8 Å². The Morgan fingerprint density at radius 1 is 1.35 bits per heavy atom. The van der Waals surface area contributed by atoms with Crippen LogP contribution in [0, 0.1) is 0 Å². The molecule has 1 saturated carbocycles. The standard InChI is InChI=1S/C12H15F3N2O2S/c1-2-8-3-4-9(7-10(8)16)20(18,19)17-11(5-6-11)12(13,14)15/h3-4,7,17H,2,5-6,16H2,1H3. The van der Waals surface area contributed by atoms with Gasteiger partial charge in [0, 0.05) is 5.69 Å². The molecule has 0 heterocycles. The molecule has 2 rings (SSSR count). The van der Waals surface area contributed by atoms with Crippen molar-refractivity contribution in [2.24, 2.45) is 0 Å². The zero-order valence-corrected chi connectivity index (χ0v) is 11.6. The zero-order chi connectivity index (χ0) is 15.2. The van der Waals surface area contributed by atoms with E-state index in [4.69, 9.17) is 5.73 Å². The second kappa shape index (κ2) is 4.63. The van der Waals surface area contributed by atoms with Crippen molar-refractivity contribution in [3.63, 3.8) is 0 Å². The highest BCUT2D eigenvalue weighted by Crippen LogP contribution is 2.49. The van der Waals surface area contributed by atoms with E-state index in [9.17, 15) is 21.6 Å². The molecule has 0 unspecified atom stereocenters. The van der Waals surface area contributed by atoms with Crippen LogP contribution in [0.2, 0.25) is 0 Å². The number of alkyl halides is 3. The Morgan fingerprint density at radius 2 is 1.95 bits per heavy atom. The van der Waals surface area contributed by atoms with Gasteiger partial charge >= 0.3 is 6.18 Å². The lowest BCUT2D eigenvalue weighted by Crippen LogP contribution is -2.47. The number of hydrogen-bond acceptors (Lipinski definition) is 3. The predicted molar refractivity (Wildman–Crippen MR) is 68.6 cm³/mol. The summed E-state index contributed by atoms with van der Waals surface area (Å²) in [4.78, 5) is -0.247. The first-order valence-electron chi connectivity index (χ1n) is 6.10. The van der Waals surface area contributed by atoms with Gasteiger partial charge in [-0.1, -0.05) is 13.0 Å². The number of nitrogens with one attached hydrogen (secondary N) is 1. The topological polar surface area (TPSA) is 72.2 Å². The third kappa shape index (κ3) is 2.62. The maximum atomic E-state index is 12.8. The van der Waals surface area contributed by atoms with Crippen molar-refractivity contribution in [2.45, 2.75) is 42.8 Å². The SMILES string of the molecule is CCc1ccc(S(=O)(=O)NC2(C(F)(F)F)CC2)cc1N. The molecular weight excluding hydrogens is 293 g/mol. The smallest absolute Gasteiger partial charge is 0.398 e. The highest BCUT2D eigenvalue weighted by molar-refractivity contribution is 7.89. The number of hydrogen-bond donors (Lipinski definition) is 2. The Labute approximate surface area is 115 Å². The minimum atomic E-state index is -4.59. The van der Waals surface area contributed by atoms with Crippen LogP contribution in [0.3, 0.4) is 0 Å². The summed E-state index contributed by atoms with van der Waals surface area (Å²) in [5, 5.41) is 0. The van der Waals surface area contributed by atoms with E-state index < -0.39 is 21.7 Å². The maximum Gasteiger partial charge on any atom is 0.407 e. The third-order valence-electron chi connectivity index (χ3n) is 3.43. The van der Waals surface area contributed by atoms with Crippen LogP contribution in [-0.4, -0.2) is 20.1 Å². The second-order valence-electron chi connectivity index (χ2n) is 4.90. The first kappa shape index (κ1) is 15.1. The molecule has 0 saturated heterocycles. The Hall–Kier alpha value is -1.28. The molecule has 1 aliphatic rings. The average molecular weight is 308 g/mol. The van der Waals surface area contributed by atoms with E-state index in [1.165, 1.54) is 18.2 Å². The van der Waals surface area contributed by atoms with Gasteiger partial charge < -0.3 is 5.73 Å². The zero-order valence-electron chi connectivity index (χ0n) is 10.8. The van der Waals surface area contributed by atoms with Crippen molar-refractivity contribution in [1.82, 2.24) is 4.72 Å². The lowest BCUT2D eigenvalue weighted by molar-refractivity contribution is -0.160. The Balaban J connectivity index is 2.30. The molecule has 0 aliphatic heterocycles. The van der Waals surface area contributed by atoms with Crippen LogP contribution >= 0.6 is 0 Å². The van der Waals surface area contributed by atoms with E-state index in [-0.39, 0.29) is 23.4 Å². The Morgan fingerprint density at radius 3 is 2.35 bits per heavy atom. The number of halogens is 3. The lowest BCUT2D eigenvalue weighted by atomic mass is 10.1. The van der Waals surface area contributed by atoms with E-state index in [1.54, 1.807) is 4.72 Å². The fraction of sp³-hybridized carbons (Fsp3) is 0.500. The van der Waals surface area contributed by atoms with Crippen LogP contribution in [0.4, 0.5) is 18.9 Å².